The lowest BCUT2D eigenvalue weighted by molar-refractivity contribution is -0.142. The average molecular weight is 262 g/mol. The summed E-state index contributed by atoms with van der Waals surface area (Å²) < 4.78 is 0. The third-order valence-electron chi connectivity index (χ3n) is 2.40. The second-order valence-electron chi connectivity index (χ2n) is 4.30. The fraction of sp³-hybridized carbons (Fsp3) is 0.818. The number of nitrogens with one attached hydrogen (secondary N) is 2. The van der Waals surface area contributed by atoms with Crippen LogP contribution in [0.25, 0.3) is 0 Å². The zero-order valence-electron chi connectivity index (χ0n) is 10.9. The first-order valence-corrected chi connectivity index (χ1v) is 7.02. The predicted octanol–water partition coefficient (Wildman–Crippen LogP) is 0.697. The summed E-state index contributed by atoms with van der Waals surface area (Å²) >= 11 is 1.56. The molecule has 0 bridgehead atoms. The van der Waals surface area contributed by atoms with Gasteiger partial charge in [-0.2, -0.15) is 11.8 Å². The quantitative estimate of drug-likeness (QED) is 0.600. The van der Waals surface area contributed by atoms with Crippen molar-refractivity contribution in [2.45, 2.75) is 38.8 Å². The maximum absolute atomic E-state index is 11.9. The lowest BCUT2D eigenvalue weighted by Gasteiger charge is -2.26. The van der Waals surface area contributed by atoms with E-state index in [9.17, 15) is 9.59 Å². The number of carboxylic acid groups (broad SMARTS) is 1. The topological polar surface area (TPSA) is 78.4 Å². The van der Waals surface area contributed by atoms with Gasteiger partial charge in [-0.05, 0) is 38.8 Å². The lowest BCUT2D eigenvalue weighted by atomic mass is 10.0. The molecule has 0 heterocycles. The number of carboxylic acids is 1. The second kappa shape index (κ2) is 7.55. The van der Waals surface area contributed by atoms with Crippen LogP contribution in [0, 0.1) is 0 Å². The van der Waals surface area contributed by atoms with Gasteiger partial charge in [-0.1, -0.05) is 6.92 Å². The summed E-state index contributed by atoms with van der Waals surface area (Å²) in [7, 11) is 0. The van der Waals surface area contributed by atoms with Gasteiger partial charge < -0.3 is 15.7 Å². The number of carbonyl (C=O) groups is 2. The molecule has 0 radical (unpaired) electrons. The van der Waals surface area contributed by atoms with E-state index < -0.39 is 17.6 Å². The molecule has 6 heteroatoms. The van der Waals surface area contributed by atoms with Gasteiger partial charge >= 0.3 is 5.97 Å². The van der Waals surface area contributed by atoms with Crippen LogP contribution in [0.2, 0.25) is 0 Å². The van der Waals surface area contributed by atoms with Crippen molar-refractivity contribution in [3.8, 4) is 0 Å². The van der Waals surface area contributed by atoms with E-state index in [0.29, 0.717) is 18.7 Å². The summed E-state index contributed by atoms with van der Waals surface area (Å²) in [5.41, 5.74) is -0.748. The van der Waals surface area contributed by atoms with Crippen molar-refractivity contribution in [2.75, 3.05) is 18.6 Å². The molecule has 1 amide bonds. The molecule has 17 heavy (non-hydrogen) atoms. The summed E-state index contributed by atoms with van der Waals surface area (Å²) in [4.78, 5) is 22.9. The molecule has 1 unspecified atom stereocenters. The first kappa shape index (κ1) is 16.2. The van der Waals surface area contributed by atoms with E-state index in [-0.39, 0.29) is 5.91 Å². The van der Waals surface area contributed by atoms with Crippen LogP contribution >= 0.6 is 11.8 Å². The van der Waals surface area contributed by atoms with Crippen LogP contribution < -0.4 is 10.6 Å². The van der Waals surface area contributed by atoms with Gasteiger partial charge in [0.1, 0.15) is 6.04 Å². The minimum absolute atomic E-state index is 0.284. The van der Waals surface area contributed by atoms with Gasteiger partial charge in [0.05, 0.1) is 5.54 Å². The number of hydrogen-bond acceptors (Lipinski definition) is 4. The molecule has 0 spiro atoms. The summed E-state index contributed by atoms with van der Waals surface area (Å²) in [6, 6.07) is -0.812. The number of carbonyl (C=O) groups excluding carboxylic acids is 1. The van der Waals surface area contributed by atoms with E-state index in [0.717, 1.165) is 0 Å². The van der Waals surface area contributed by atoms with E-state index in [1.54, 1.807) is 25.6 Å². The average Bonchev–Trinajstić information content (AvgIpc) is 2.23. The molecule has 0 aliphatic rings. The lowest BCUT2D eigenvalue weighted by Crippen LogP contribution is -2.56. The van der Waals surface area contributed by atoms with Crippen LogP contribution in [0.4, 0.5) is 0 Å². The molecule has 0 saturated heterocycles. The number of amides is 1. The maximum atomic E-state index is 11.9. The second-order valence-corrected chi connectivity index (χ2v) is 5.29. The van der Waals surface area contributed by atoms with Gasteiger partial charge in [0.2, 0.25) is 5.91 Å². The van der Waals surface area contributed by atoms with Gasteiger partial charge in [0.25, 0.3) is 0 Å². The third kappa shape index (κ3) is 5.93. The maximum Gasteiger partial charge on any atom is 0.326 e. The Morgan fingerprint density at radius 1 is 1.41 bits per heavy atom. The van der Waals surface area contributed by atoms with Crippen molar-refractivity contribution in [3.63, 3.8) is 0 Å². The van der Waals surface area contributed by atoms with Crippen molar-refractivity contribution < 1.29 is 14.7 Å². The smallest absolute Gasteiger partial charge is 0.326 e. The van der Waals surface area contributed by atoms with E-state index in [1.807, 2.05) is 13.2 Å². The number of likely N-dealkylation sites (N-methyl/N-ethyl adjacent to an activating group) is 1. The van der Waals surface area contributed by atoms with Crippen LogP contribution in [0.5, 0.6) is 0 Å². The Balaban J connectivity index is 4.44. The Hall–Kier alpha value is -0.750. The molecule has 0 aromatic rings. The molecule has 0 aromatic heterocycles. The Labute approximate surface area is 107 Å². The number of hydrogen-bond donors (Lipinski definition) is 3. The summed E-state index contributed by atoms with van der Waals surface area (Å²) in [6.07, 6.45) is 2.34. The Morgan fingerprint density at radius 2 is 2.00 bits per heavy atom. The van der Waals surface area contributed by atoms with Gasteiger partial charge in [-0.15, -0.1) is 0 Å². The zero-order chi connectivity index (χ0) is 13.5. The highest BCUT2D eigenvalue weighted by Crippen LogP contribution is 2.06. The van der Waals surface area contributed by atoms with Crippen molar-refractivity contribution in [1.82, 2.24) is 10.6 Å². The number of thioether (sulfide) groups is 1. The van der Waals surface area contributed by atoms with E-state index in [1.165, 1.54) is 0 Å². The van der Waals surface area contributed by atoms with Gasteiger partial charge in [-0.25, -0.2) is 4.79 Å². The molecular weight excluding hydrogens is 240 g/mol. The Bertz CT molecular complexity index is 269. The minimum atomic E-state index is -0.986. The highest BCUT2D eigenvalue weighted by molar-refractivity contribution is 7.98. The van der Waals surface area contributed by atoms with Crippen molar-refractivity contribution in [3.05, 3.63) is 0 Å². The predicted molar refractivity (Wildman–Crippen MR) is 70.3 cm³/mol. The van der Waals surface area contributed by atoms with Crippen LogP contribution in [0.3, 0.4) is 0 Å². The first-order valence-electron chi connectivity index (χ1n) is 5.63. The normalized spacial score (nSPS) is 13.2. The number of aliphatic carboxylic acids is 1. The fourth-order valence-corrected chi connectivity index (χ4v) is 1.83. The van der Waals surface area contributed by atoms with E-state index in [2.05, 4.69) is 10.6 Å². The molecule has 0 saturated carbocycles. The fourth-order valence-electron chi connectivity index (χ4n) is 1.35. The highest BCUT2D eigenvalue weighted by Gasteiger charge is 2.30. The van der Waals surface area contributed by atoms with Crippen LogP contribution in [0.15, 0.2) is 0 Å². The Morgan fingerprint density at radius 3 is 2.41 bits per heavy atom. The van der Waals surface area contributed by atoms with Gasteiger partial charge in [0.15, 0.2) is 0 Å². The molecule has 0 aromatic carbocycles. The third-order valence-corrected chi connectivity index (χ3v) is 3.04. The van der Waals surface area contributed by atoms with Crippen molar-refractivity contribution >= 4 is 23.6 Å². The molecule has 5 nitrogen and oxygen atoms in total. The Kier molecular flexibility index (Phi) is 7.22. The standard InChI is InChI=1S/C11H22N2O3S/c1-5-12-11(2,3)10(16)13-8(9(14)15)6-7-17-4/h8,12H,5-7H2,1-4H3,(H,13,16)(H,14,15). The molecule has 100 valence electrons. The molecule has 0 fully saturated rings. The largest absolute Gasteiger partial charge is 0.480 e. The van der Waals surface area contributed by atoms with Gasteiger partial charge in [-0.3, -0.25) is 4.79 Å². The monoisotopic (exact) mass is 262 g/mol. The highest BCUT2D eigenvalue weighted by atomic mass is 32.2. The summed E-state index contributed by atoms with van der Waals surface area (Å²) in [5.74, 6) is -0.564. The van der Waals surface area contributed by atoms with Crippen molar-refractivity contribution in [1.29, 1.82) is 0 Å². The summed E-state index contributed by atoms with van der Waals surface area (Å²) in [5, 5.41) is 14.6. The van der Waals surface area contributed by atoms with Crippen LogP contribution in [-0.2, 0) is 9.59 Å². The molecule has 3 N–H and O–H groups in total. The van der Waals surface area contributed by atoms with Crippen LogP contribution in [-0.4, -0.2) is 47.1 Å². The van der Waals surface area contributed by atoms with E-state index in [4.69, 9.17) is 5.11 Å². The number of rotatable bonds is 8. The molecule has 1 atom stereocenters. The van der Waals surface area contributed by atoms with Crippen LogP contribution in [0.1, 0.15) is 27.2 Å². The molecular formula is C11H22N2O3S. The van der Waals surface area contributed by atoms with Crippen molar-refractivity contribution in [2.24, 2.45) is 0 Å². The first-order chi connectivity index (χ1) is 7.85. The molecule has 0 aliphatic carbocycles. The molecule has 0 aliphatic heterocycles. The zero-order valence-corrected chi connectivity index (χ0v) is 11.7. The minimum Gasteiger partial charge on any atom is -0.480 e. The van der Waals surface area contributed by atoms with E-state index >= 15 is 0 Å². The SMILES string of the molecule is CCNC(C)(C)C(=O)NC(CCSC)C(=O)O. The summed E-state index contributed by atoms with van der Waals surface area (Å²) in [6.45, 7) is 6.03. The molecule has 0 rings (SSSR count). The van der Waals surface area contributed by atoms with Gasteiger partial charge in [0, 0.05) is 0 Å².